The SMILES string of the molecule is O=C(OCc1ccccc1[N+](=O)[O-])c1ccc(Cl)cc1F. The van der Waals surface area contributed by atoms with Gasteiger partial charge in [0.05, 0.1) is 16.1 Å². The van der Waals surface area contributed by atoms with E-state index in [1.165, 1.54) is 30.3 Å². The summed E-state index contributed by atoms with van der Waals surface area (Å²) in [6, 6.07) is 9.38. The number of nitrogens with zero attached hydrogens (tertiary/aromatic N) is 1. The minimum Gasteiger partial charge on any atom is -0.457 e. The lowest BCUT2D eigenvalue weighted by Gasteiger charge is -2.06. The van der Waals surface area contributed by atoms with E-state index in [1.54, 1.807) is 6.07 Å². The fraction of sp³-hybridized carbons (Fsp3) is 0.0714. The Bertz CT molecular complexity index is 705. The molecule has 0 spiro atoms. The molecule has 0 aliphatic rings. The lowest BCUT2D eigenvalue weighted by atomic mass is 10.2. The van der Waals surface area contributed by atoms with Crippen LogP contribution in [0.1, 0.15) is 15.9 Å². The third kappa shape index (κ3) is 3.55. The van der Waals surface area contributed by atoms with Crippen LogP contribution in [0.4, 0.5) is 10.1 Å². The van der Waals surface area contributed by atoms with Crippen molar-refractivity contribution in [3.8, 4) is 0 Å². The van der Waals surface area contributed by atoms with Crippen molar-refractivity contribution in [2.75, 3.05) is 0 Å². The number of rotatable bonds is 4. The fourth-order valence-electron chi connectivity index (χ4n) is 1.69. The number of para-hydroxylation sites is 1. The molecule has 0 fully saturated rings. The number of nitro groups is 1. The normalized spacial score (nSPS) is 10.2. The highest BCUT2D eigenvalue weighted by Gasteiger charge is 2.17. The second kappa shape index (κ2) is 6.32. The van der Waals surface area contributed by atoms with Crippen molar-refractivity contribution in [3.05, 3.63) is 74.5 Å². The van der Waals surface area contributed by atoms with E-state index in [2.05, 4.69) is 0 Å². The molecule has 0 aromatic heterocycles. The molecule has 2 aromatic carbocycles. The topological polar surface area (TPSA) is 69.4 Å². The Hall–Kier alpha value is -2.47. The summed E-state index contributed by atoms with van der Waals surface area (Å²) in [6.45, 7) is -0.321. The Morgan fingerprint density at radius 3 is 2.67 bits per heavy atom. The highest BCUT2D eigenvalue weighted by atomic mass is 35.5. The number of esters is 1. The van der Waals surface area contributed by atoms with Crippen LogP contribution in [0.2, 0.25) is 5.02 Å². The van der Waals surface area contributed by atoms with E-state index in [0.717, 1.165) is 6.07 Å². The summed E-state index contributed by atoms with van der Waals surface area (Å²) in [5.74, 6) is -1.72. The molecule has 21 heavy (non-hydrogen) atoms. The van der Waals surface area contributed by atoms with Gasteiger partial charge in [-0.15, -0.1) is 0 Å². The maximum Gasteiger partial charge on any atom is 0.341 e. The highest BCUT2D eigenvalue weighted by Crippen LogP contribution is 2.20. The molecule has 7 heteroatoms. The van der Waals surface area contributed by atoms with Crippen molar-refractivity contribution in [2.45, 2.75) is 6.61 Å². The third-order valence-electron chi connectivity index (χ3n) is 2.70. The standard InChI is InChI=1S/C14H9ClFNO4/c15-10-5-6-11(12(16)7-10)14(18)21-8-9-3-1-2-4-13(9)17(19)20/h1-7H,8H2. The average molecular weight is 310 g/mol. The number of halogens is 2. The Kier molecular flexibility index (Phi) is 4.49. The third-order valence-corrected chi connectivity index (χ3v) is 2.93. The minimum atomic E-state index is -0.915. The molecular formula is C14H9ClFNO4. The first-order chi connectivity index (χ1) is 9.99. The number of carbonyl (C=O) groups is 1. The van der Waals surface area contributed by atoms with Crippen molar-refractivity contribution in [1.82, 2.24) is 0 Å². The van der Waals surface area contributed by atoms with Crippen molar-refractivity contribution in [3.63, 3.8) is 0 Å². The van der Waals surface area contributed by atoms with Crippen molar-refractivity contribution in [2.24, 2.45) is 0 Å². The average Bonchev–Trinajstić information content (AvgIpc) is 2.45. The molecule has 108 valence electrons. The summed E-state index contributed by atoms with van der Waals surface area (Å²) in [5.41, 5.74) is -0.218. The zero-order chi connectivity index (χ0) is 15.4. The molecule has 0 N–H and O–H groups in total. The van der Waals surface area contributed by atoms with Crippen LogP contribution >= 0.6 is 11.6 Å². The van der Waals surface area contributed by atoms with E-state index in [0.29, 0.717) is 0 Å². The van der Waals surface area contributed by atoms with Crippen LogP contribution in [0, 0.1) is 15.9 Å². The molecule has 0 amide bonds. The monoisotopic (exact) mass is 309 g/mol. The maximum absolute atomic E-state index is 13.5. The van der Waals surface area contributed by atoms with Gasteiger partial charge in [0.2, 0.25) is 0 Å². The van der Waals surface area contributed by atoms with E-state index in [9.17, 15) is 19.3 Å². The Balaban J connectivity index is 2.13. The van der Waals surface area contributed by atoms with Crippen LogP contribution in [0.15, 0.2) is 42.5 Å². The molecule has 5 nitrogen and oxygen atoms in total. The summed E-state index contributed by atoms with van der Waals surface area (Å²) in [7, 11) is 0. The molecule has 0 saturated heterocycles. The van der Waals surface area contributed by atoms with Gasteiger partial charge in [0.15, 0.2) is 0 Å². The first-order valence-corrected chi connectivity index (χ1v) is 6.21. The van der Waals surface area contributed by atoms with Crippen LogP contribution in [-0.2, 0) is 11.3 Å². The summed E-state index contributed by atoms with van der Waals surface area (Å²) >= 11 is 5.58. The number of hydrogen-bond acceptors (Lipinski definition) is 4. The number of hydrogen-bond donors (Lipinski definition) is 0. The quantitative estimate of drug-likeness (QED) is 0.490. The second-order valence-electron chi connectivity index (χ2n) is 4.09. The molecule has 0 bridgehead atoms. The summed E-state index contributed by atoms with van der Waals surface area (Å²) in [5, 5.41) is 11.0. The smallest absolute Gasteiger partial charge is 0.341 e. The largest absolute Gasteiger partial charge is 0.457 e. The Morgan fingerprint density at radius 1 is 1.29 bits per heavy atom. The van der Waals surface area contributed by atoms with Gasteiger partial charge in [-0.05, 0) is 24.3 Å². The van der Waals surface area contributed by atoms with Gasteiger partial charge in [-0.3, -0.25) is 10.1 Å². The van der Waals surface area contributed by atoms with Crippen molar-refractivity contribution >= 4 is 23.3 Å². The lowest BCUT2D eigenvalue weighted by molar-refractivity contribution is -0.385. The predicted octanol–water partition coefficient (Wildman–Crippen LogP) is 3.74. The van der Waals surface area contributed by atoms with Crippen LogP contribution in [0.3, 0.4) is 0 Å². The molecule has 0 aliphatic heterocycles. The molecule has 2 aromatic rings. The number of carbonyl (C=O) groups excluding carboxylic acids is 1. The minimum absolute atomic E-state index is 0.155. The van der Waals surface area contributed by atoms with E-state index in [1.807, 2.05) is 0 Å². The van der Waals surface area contributed by atoms with Gasteiger partial charge < -0.3 is 4.74 Å². The van der Waals surface area contributed by atoms with Crippen LogP contribution in [0.5, 0.6) is 0 Å². The summed E-state index contributed by atoms with van der Waals surface area (Å²) < 4.78 is 18.4. The van der Waals surface area contributed by atoms with Crippen LogP contribution in [-0.4, -0.2) is 10.9 Å². The molecule has 0 radical (unpaired) electrons. The van der Waals surface area contributed by atoms with Crippen molar-refractivity contribution < 1.29 is 18.8 Å². The molecule has 0 atom stereocenters. The van der Waals surface area contributed by atoms with Gasteiger partial charge >= 0.3 is 5.97 Å². The maximum atomic E-state index is 13.5. The lowest BCUT2D eigenvalue weighted by Crippen LogP contribution is -2.08. The Labute approximate surface area is 124 Å². The van der Waals surface area contributed by atoms with Gasteiger partial charge in [0, 0.05) is 11.1 Å². The van der Waals surface area contributed by atoms with Gasteiger partial charge in [-0.25, -0.2) is 9.18 Å². The predicted molar refractivity (Wildman–Crippen MR) is 73.6 cm³/mol. The number of nitro benzene ring substituents is 1. The van der Waals surface area contributed by atoms with E-state index in [4.69, 9.17) is 16.3 Å². The van der Waals surface area contributed by atoms with Crippen LogP contribution < -0.4 is 0 Å². The fourth-order valence-corrected chi connectivity index (χ4v) is 1.85. The molecular weight excluding hydrogens is 301 g/mol. The van der Waals surface area contributed by atoms with Gasteiger partial charge in [-0.2, -0.15) is 0 Å². The molecule has 0 saturated carbocycles. The summed E-state index contributed by atoms with van der Waals surface area (Å²) in [4.78, 5) is 22.0. The molecule has 0 heterocycles. The first-order valence-electron chi connectivity index (χ1n) is 5.83. The zero-order valence-electron chi connectivity index (χ0n) is 10.6. The Morgan fingerprint density at radius 2 is 2.00 bits per heavy atom. The second-order valence-corrected chi connectivity index (χ2v) is 4.52. The number of benzene rings is 2. The number of ether oxygens (including phenoxy) is 1. The van der Waals surface area contributed by atoms with E-state index in [-0.39, 0.29) is 28.4 Å². The molecule has 2 rings (SSSR count). The van der Waals surface area contributed by atoms with E-state index >= 15 is 0 Å². The van der Waals surface area contributed by atoms with Gasteiger partial charge in [0.25, 0.3) is 5.69 Å². The summed E-state index contributed by atoms with van der Waals surface area (Å²) in [6.07, 6.45) is 0. The van der Waals surface area contributed by atoms with Gasteiger partial charge in [-0.1, -0.05) is 23.7 Å². The zero-order valence-corrected chi connectivity index (χ0v) is 11.3. The van der Waals surface area contributed by atoms with Gasteiger partial charge in [0.1, 0.15) is 12.4 Å². The van der Waals surface area contributed by atoms with Crippen LogP contribution in [0.25, 0.3) is 0 Å². The highest BCUT2D eigenvalue weighted by molar-refractivity contribution is 6.30. The molecule has 0 aliphatic carbocycles. The van der Waals surface area contributed by atoms with Crippen molar-refractivity contribution in [1.29, 1.82) is 0 Å². The first kappa shape index (κ1) is 14.9. The molecule has 0 unspecified atom stereocenters. The van der Waals surface area contributed by atoms with E-state index < -0.39 is 16.7 Å².